The number of aryl methyl sites for hydroxylation is 1. The van der Waals surface area contributed by atoms with Crippen molar-refractivity contribution < 1.29 is 14.0 Å². The van der Waals surface area contributed by atoms with E-state index in [0.29, 0.717) is 38.0 Å². The summed E-state index contributed by atoms with van der Waals surface area (Å²) in [6.45, 7) is 1.66. The predicted molar refractivity (Wildman–Crippen MR) is 100 cm³/mol. The largest absolute Gasteiger partial charge is 0.340 e. The molecule has 138 valence electrons. The fraction of sp³-hybridized carbons (Fsp3) is 0.400. The van der Waals surface area contributed by atoms with Gasteiger partial charge >= 0.3 is 0 Å². The molecule has 0 saturated carbocycles. The number of amides is 2. The maximum Gasteiger partial charge on any atom is 0.224 e. The first-order chi connectivity index (χ1) is 12.6. The number of halogens is 1. The summed E-state index contributed by atoms with van der Waals surface area (Å²) >= 11 is 1.71. The number of hydrogen-bond acceptors (Lipinski definition) is 3. The van der Waals surface area contributed by atoms with Crippen LogP contribution in [0.1, 0.15) is 29.7 Å². The van der Waals surface area contributed by atoms with Gasteiger partial charge in [-0.25, -0.2) is 4.39 Å². The standard InChI is InChI=1S/C20H23FN2O2S/c21-18-8-2-1-5-16(18)15-23-13-12-22(11-10-20(23)25)19(24)9-3-6-17-7-4-14-26-17/h1-2,4-5,7-8,14H,3,6,9-13,15H2. The summed E-state index contributed by atoms with van der Waals surface area (Å²) in [6.07, 6.45) is 2.53. The lowest BCUT2D eigenvalue weighted by Gasteiger charge is -2.22. The second kappa shape index (κ2) is 8.94. The number of thiophene rings is 1. The Kier molecular flexibility index (Phi) is 6.39. The first-order valence-electron chi connectivity index (χ1n) is 8.95. The van der Waals surface area contributed by atoms with Gasteiger partial charge in [0.1, 0.15) is 5.82 Å². The lowest BCUT2D eigenvalue weighted by molar-refractivity contribution is -0.131. The van der Waals surface area contributed by atoms with Crippen molar-refractivity contribution in [2.75, 3.05) is 19.6 Å². The van der Waals surface area contributed by atoms with Crippen molar-refractivity contribution in [3.63, 3.8) is 0 Å². The average Bonchev–Trinajstić information content (AvgIpc) is 3.08. The molecule has 2 amide bonds. The molecule has 1 aromatic heterocycles. The highest BCUT2D eigenvalue weighted by atomic mass is 32.1. The summed E-state index contributed by atoms with van der Waals surface area (Å²) in [4.78, 5) is 29.5. The van der Waals surface area contributed by atoms with E-state index in [4.69, 9.17) is 0 Å². The van der Waals surface area contributed by atoms with E-state index < -0.39 is 0 Å². The van der Waals surface area contributed by atoms with Crippen molar-refractivity contribution in [2.45, 2.75) is 32.2 Å². The Morgan fingerprint density at radius 1 is 1.12 bits per heavy atom. The third-order valence-electron chi connectivity index (χ3n) is 4.65. The number of benzene rings is 1. The Labute approximate surface area is 157 Å². The minimum absolute atomic E-state index is 0.0258. The molecule has 1 saturated heterocycles. The second-order valence-corrected chi connectivity index (χ2v) is 7.50. The lowest BCUT2D eigenvalue weighted by atomic mass is 10.2. The molecule has 0 radical (unpaired) electrons. The second-order valence-electron chi connectivity index (χ2n) is 6.47. The first-order valence-corrected chi connectivity index (χ1v) is 9.83. The Morgan fingerprint density at radius 3 is 2.73 bits per heavy atom. The summed E-state index contributed by atoms with van der Waals surface area (Å²) in [5, 5.41) is 2.04. The smallest absolute Gasteiger partial charge is 0.224 e. The highest BCUT2D eigenvalue weighted by molar-refractivity contribution is 7.09. The van der Waals surface area contributed by atoms with Crippen LogP contribution in [0.2, 0.25) is 0 Å². The van der Waals surface area contributed by atoms with Gasteiger partial charge in [0.05, 0.1) is 0 Å². The van der Waals surface area contributed by atoms with Gasteiger partial charge in [-0.2, -0.15) is 0 Å². The van der Waals surface area contributed by atoms with Crippen molar-refractivity contribution in [3.8, 4) is 0 Å². The Bertz CT molecular complexity index is 748. The number of carbonyl (C=O) groups is 2. The van der Waals surface area contributed by atoms with Crippen LogP contribution in [0.4, 0.5) is 4.39 Å². The maximum atomic E-state index is 13.8. The van der Waals surface area contributed by atoms with E-state index in [1.807, 2.05) is 11.4 Å². The van der Waals surface area contributed by atoms with Gasteiger partial charge in [-0.3, -0.25) is 9.59 Å². The molecular formula is C20H23FN2O2S. The van der Waals surface area contributed by atoms with Crippen molar-refractivity contribution >= 4 is 23.2 Å². The van der Waals surface area contributed by atoms with E-state index >= 15 is 0 Å². The molecular weight excluding hydrogens is 351 g/mol. The molecule has 1 aliphatic rings. The molecule has 0 atom stereocenters. The molecule has 6 heteroatoms. The molecule has 0 spiro atoms. The van der Waals surface area contributed by atoms with Gasteiger partial charge < -0.3 is 9.80 Å². The minimum atomic E-state index is -0.300. The fourth-order valence-electron chi connectivity index (χ4n) is 3.14. The number of rotatable bonds is 6. The van der Waals surface area contributed by atoms with Crippen LogP contribution in [-0.2, 0) is 22.6 Å². The van der Waals surface area contributed by atoms with Crippen molar-refractivity contribution in [2.24, 2.45) is 0 Å². The van der Waals surface area contributed by atoms with Gasteiger partial charge in [-0.15, -0.1) is 11.3 Å². The number of hydrogen-bond donors (Lipinski definition) is 0. The van der Waals surface area contributed by atoms with Gasteiger partial charge in [0.2, 0.25) is 11.8 Å². The predicted octanol–water partition coefficient (Wildman–Crippen LogP) is 3.47. The van der Waals surface area contributed by atoms with Crippen LogP contribution in [0.5, 0.6) is 0 Å². The van der Waals surface area contributed by atoms with Crippen LogP contribution in [-0.4, -0.2) is 41.2 Å². The zero-order valence-corrected chi connectivity index (χ0v) is 15.5. The van der Waals surface area contributed by atoms with Crippen LogP contribution in [0.15, 0.2) is 41.8 Å². The molecule has 0 bridgehead atoms. The normalized spacial score (nSPS) is 15.2. The van der Waals surface area contributed by atoms with E-state index in [1.165, 1.54) is 10.9 Å². The maximum absolute atomic E-state index is 13.8. The Morgan fingerprint density at radius 2 is 1.96 bits per heavy atom. The average molecular weight is 374 g/mol. The van der Waals surface area contributed by atoms with E-state index in [9.17, 15) is 14.0 Å². The number of carbonyl (C=O) groups excluding carboxylic acids is 2. The highest BCUT2D eigenvalue weighted by Crippen LogP contribution is 2.15. The van der Waals surface area contributed by atoms with Crippen LogP contribution >= 0.6 is 11.3 Å². The molecule has 26 heavy (non-hydrogen) atoms. The first kappa shape index (κ1) is 18.6. The molecule has 1 aliphatic heterocycles. The molecule has 3 rings (SSSR count). The van der Waals surface area contributed by atoms with Crippen molar-refractivity contribution in [1.82, 2.24) is 9.80 Å². The fourth-order valence-corrected chi connectivity index (χ4v) is 3.89. The SMILES string of the molecule is O=C(CCCc1cccs1)N1CCC(=O)N(Cc2ccccc2F)CC1. The van der Waals surface area contributed by atoms with Crippen LogP contribution < -0.4 is 0 Å². The molecule has 2 aromatic rings. The molecule has 2 heterocycles. The van der Waals surface area contributed by atoms with E-state index in [1.54, 1.807) is 39.3 Å². The zero-order valence-electron chi connectivity index (χ0n) is 14.7. The monoisotopic (exact) mass is 374 g/mol. The Balaban J connectivity index is 1.50. The molecule has 0 aliphatic carbocycles. The molecule has 1 fully saturated rings. The van der Waals surface area contributed by atoms with Crippen LogP contribution in [0, 0.1) is 5.82 Å². The summed E-state index contributed by atoms with van der Waals surface area (Å²) in [7, 11) is 0. The van der Waals surface area contributed by atoms with Gasteiger partial charge in [-0.1, -0.05) is 24.3 Å². The van der Waals surface area contributed by atoms with Gasteiger partial charge in [0.15, 0.2) is 0 Å². The third-order valence-corrected chi connectivity index (χ3v) is 5.59. The third kappa shape index (κ3) is 4.91. The summed E-state index contributed by atoms with van der Waals surface area (Å²) in [5.74, 6) is -0.227. The highest BCUT2D eigenvalue weighted by Gasteiger charge is 2.24. The number of nitrogens with zero attached hydrogens (tertiary/aromatic N) is 2. The van der Waals surface area contributed by atoms with E-state index in [-0.39, 0.29) is 24.2 Å². The Hall–Kier alpha value is -2.21. The van der Waals surface area contributed by atoms with Crippen LogP contribution in [0.25, 0.3) is 0 Å². The summed E-state index contributed by atoms with van der Waals surface area (Å²) < 4.78 is 13.8. The molecule has 0 unspecified atom stereocenters. The topological polar surface area (TPSA) is 40.6 Å². The molecule has 0 N–H and O–H groups in total. The van der Waals surface area contributed by atoms with E-state index in [0.717, 1.165) is 12.8 Å². The molecule has 1 aromatic carbocycles. The van der Waals surface area contributed by atoms with Gasteiger partial charge in [0.25, 0.3) is 0 Å². The summed E-state index contributed by atoms with van der Waals surface area (Å²) in [5.41, 5.74) is 0.511. The van der Waals surface area contributed by atoms with Crippen molar-refractivity contribution in [1.29, 1.82) is 0 Å². The zero-order chi connectivity index (χ0) is 18.4. The quantitative estimate of drug-likeness (QED) is 0.777. The van der Waals surface area contributed by atoms with Gasteiger partial charge in [0, 0.05) is 49.5 Å². The molecule has 4 nitrogen and oxygen atoms in total. The van der Waals surface area contributed by atoms with E-state index in [2.05, 4.69) is 6.07 Å². The van der Waals surface area contributed by atoms with Crippen LogP contribution in [0.3, 0.4) is 0 Å². The van der Waals surface area contributed by atoms with Gasteiger partial charge in [-0.05, 0) is 30.4 Å². The van der Waals surface area contributed by atoms with Crippen molar-refractivity contribution in [3.05, 3.63) is 58.0 Å². The lowest BCUT2D eigenvalue weighted by Crippen LogP contribution is -2.35. The minimum Gasteiger partial charge on any atom is -0.340 e. The summed E-state index contributed by atoms with van der Waals surface area (Å²) in [6, 6.07) is 10.6.